The molecule has 0 amide bonds. The zero-order chi connectivity index (χ0) is 13.7. The predicted octanol–water partition coefficient (Wildman–Crippen LogP) is 3.48. The van der Waals surface area contributed by atoms with Gasteiger partial charge in [-0.25, -0.2) is 0 Å². The molecule has 0 aliphatic carbocycles. The molecule has 0 saturated heterocycles. The number of carbonyl (C=O) groups is 1. The van der Waals surface area contributed by atoms with Crippen LogP contribution in [0.3, 0.4) is 0 Å². The summed E-state index contributed by atoms with van der Waals surface area (Å²) in [4.78, 5) is 10.4. The highest BCUT2D eigenvalue weighted by Crippen LogP contribution is 2.24. The average Bonchev–Trinajstić information content (AvgIpc) is 2.40. The fourth-order valence-corrected chi connectivity index (χ4v) is 2.74. The van der Waals surface area contributed by atoms with E-state index in [1.54, 1.807) is 0 Å². The van der Waals surface area contributed by atoms with E-state index in [1.807, 2.05) is 12.1 Å². The van der Waals surface area contributed by atoms with Gasteiger partial charge in [0.15, 0.2) is 0 Å². The number of carboxylic acid groups (broad SMARTS) is 1. The number of benzene rings is 2. The van der Waals surface area contributed by atoms with Crippen molar-refractivity contribution in [2.45, 2.75) is 12.8 Å². The largest absolute Gasteiger partial charge is 0.481 e. The van der Waals surface area contributed by atoms with Crippen molar-refractivity contribution in [2.24, 2.45) is 0 Å². The maximum absolute atomic E-state index is 10.4. The molecule has 2 aromatic rings. The van der Waals surface area contributed by atoms with Gasteiger partial charge in [0, 0.05) is 3.57 Å². The number of halogens is 1. The number of carboxylic acids is 1. The molecule has 0 aliphatic rings. The summed E-state index contributed by atoms with van der Waals surface area (Å²) in [6, 6.07) is 12.5. The van der Waals surface area contributed by atoms with E-state index in [-0.39, 0.29) is 13.0 Å². The van der Waals surface area contributed by atoms with Crippen LogP contribution in [0.25, 0.3) is 10.8 Å². The third-order valence-corrected chi connectivity index (χ3v) is 3.95. The molecule has 3 nitrogen and oxygen atoms in total. The van der Waals surface area contributed by atoms with Gasteiger partial charge in [0.1, 0.15) is 0 Å². The third-order valence-electron chi connectivity index (χ3n) is 2.94. The zero-order valence-corrected chi connectivity index (χ0v) is 12.6. The van der Waals surface area contributed by atoms with Crippen LogP contribution in [-0.4, -0.2) is 24.3 Å². The van der Waals surface area contributed by atoms with Crippen molar-refractivity contribution in [1.29, 1.82) is 0 Å². The van der Waals surface area contributed by atoms with E-state index in [1.165, 1.54) is 19.9 Å². The van der Waals surface area contributed by atoms with Gasteiger partial charge >= 0.3 is 5.97 Å². The Labute approximate surface area is 125 Å². The van der Waals surface area contributed by atoms with Crippen LogP contribution < -0.4 is 0 Å². The highest BCUT2D eigenvalue weighted by molar-refractivity contribution is 14.1. The second-order valence-corrected chi connectivity index (χ2v) is 5.42. The summed E-state index contributed by atoms with van der Waals surface area (Å²) >= 11 is 2.33. The van der Waals surface area contributed by atoms with E-state index in [4.69, 9.17) is 9.84 Å². The van der Waals surface area contributed by atoms with Crippen molar-refractivity contribution in [3.05, 3.63) is 45.5 Å². The molecule has 19 heavy (non-hydrogen) atoms. The van der Waals surface area contributed by atoms with Crippen LogP contribution >= 0.6 is 22.6 Å². The van der Waals surface area contributed by atoms with Gasteiger partial charge in [0.2, 0.25) is 0 Å². The van der Waals surface area contributed by atoms with E-state index >= 15 is 0 Å². The molecular formula is C15H15IO3. The fraction of sp³-hybridized carbons (Fsp3) is 0.267. The molecule has 0 heterocycles. The molecule has 0 spiro atoms. The lowest BCUT2D eigenvalue weighted by Gasteiger charge is -2.09. The molecule has 0 unspecified atom stereocenters. The number of aliphatic carboxylic acids is 1. The Balaban J connectivity index is 2.03. The number of ether oxygens (including phenoxy) is 1. The standard InChI is InChI=1S/C15H15IO3/c16-14-6-5-11-3-1-2-4-12(11)13(14)7-9-19-10-8-15(17)18/h1-6H,7-10H2,(H,17,18). The molecule has 2 rings (SSSR count). The van der Waals surface area contributed by atoms with Gasteiger partial charge in [0.25, 0.3) is 0 Å². The van der Waals surface area contributed by atoms with Crippen molar-refractivity contribution >= 4 is 39.3 Å². The van der Waals surface area contributed by atoms with Gasteiger partial charge in [-0.15, -0.1) is 0 Å². The maximum atomic E-state index is 10.4. The summed E-state index contributed by atoms with van der Waals surface area (Å²) in [6.07, 6.45) is 0.867. The Hall–Kier alpha value is -1.14. The zero-order valence-electron chi connectivity index (χ0n) is 10.4. The minimum absolute atomic E-state index is 0.0621. The van der Waals surface area contributed by atoms with Crippen molar-refractivity contribution < 1.29 is 14.6 Å². The number of hydrogen-bond acceptors (Lipinski definition) is 2. The van der Waals surface area contributed by atoms with Crippen molar-refractivity contribution in [1.82, 2.24) is 0 Å². The highest BCUT2D eigenvalue weighted by atomic mass is 127. The smallest absolute Gasteiger partial charge is 0.305 e. The van der Waals surface area contributed by atoms with E-state index in [0.717, 1.165) is 6.42 Å². The van der Waals surface area contributed by atoms with E-state index in [0.29, 0.717) is 6.61 Å². The lowest BCUT2D eigenvalue weighted by atomic mass is 10.0. The first-order valence-electron chi connectivity index (χ1n) is 6.14. The van der Waals surface area contributed by atoms with E-state index in [9.17, 15) is 4.79 Å². The topological polar surface area (TPSA) is 46.5 Å². The van der Waals surface area contributed by atoms with Crippen LogP contribution in [0, 0.1) is 3.57 Å². The lowest BCUT2D eigenvalue weighted by Crippen LogP contribution is -2.06. The molecule has 1 N–H and O–H groups in total. The van der Waals surface area contributed by atoms with Crippen LogP contribution in [0.5, 0.6) is 0 Å². The Morgan fingerprint density at radius 2 is 1.95 bits per heavy atom. The summed E-state index contributed by atoms with van der Waals surface area (Å²) in [5, 5.41) is 11.0. The van der Waals surface area contributed by atoms with Crippen molar-refractivity contribution in [2.75, 3.05) is 13.2 Å². The Bertz CT molecular complexity index is 581. The lowest BCUT2D eigenvalue weighted by molar-refractivity contribution is -0.138. The minimum atomic E-state index is -0.820. The summed E-state index contributed by atoms with van der Waals surface area (Å²) in [6.45, 7) is 0.827. The van der Waals surface area contributed by atoms with E-state index < -0.39 is 5.97 Å². The van der Waals surface area contributed by atoms with Crippen LogP contribution in [0.4, 0.5) is 0 Å². The van der Waals surface area contributed by atoms with Gasteiger partial charge in [-0.3, -0.25) is 4.79 Å². The fourth-order valence-electron chi connectivity index (χ4n) is 2.00. The minimum Gasteiger partial charge on any atom is -0.481 e. The van der Waals surface area contributed by atoms with Crippen molar-refractivity contribution in [3.8, 4) is 0 Å². The quantitative estimate of drug-likeness (QED) is 0.626. The normalized spacial score (nSPS) is 10.8. The Kier molecular flexibility index (Phi) is 5.15. The van der Waals surface area contributed by atoms with Gasteiger partial charge in [0.05, 0.1) is 19.6 Å². The second kappa shape index (κ2) is 6.86. The monoisotopic (exact) mass is 370 g/mol. The maximum Gasteiger partial charge on any atom is 0.305 e. The molecule has 0 aromatic heterocycles. The first-order chi connectivity index (χ1) is 9.18. The molecule has 4 heteroatoms. The summed E-state index contributed by atoms with van der Waals surface area (Å²) in [5.41, 5.74) is 1.27. The molecule has 0 atom stereocenters. The molecule has 0 fully saturated rings. The summed E-state index contributed by atoms with van der Waals surface area (Å²) in [7, 11) is 0. The van der Waals surface area contributed by atoms with Gasteiger partial charge < -0.3 is 9.84 Å². The molecular weight excluding hydrogens is 355 g/mol. The molecule has 0 radical (unpaired) electrons. The third kappa shape index (κ3) is 3.91. The first kappa shape index (κ1) is 14.3. The van der Waals surface area contributed by atoms with Crippen LogP contribution in [0.1, 0.15) is 12.0 Å². The molecule has 0 saturated carbocycles. The average molecular weight is 370 g/mol. The number of hydrogen-bond donors (Lipinski definition) is 1. The predicted molar refractivity (Wildman–Crippen MR) is 83.4 cm³/mol. The summed E-state index contributed by atoms with van der Waals surface area (Å²) < 4.78 is 6.59. The van der Waals surface area contributed by atoms with E-state index in [2.05, 4.69) is 46.9 Å². The molecule has 0 bridgehead atoms. The van der Waals surface area contributed by atoms with Crippen LogP contribution in [0.15, 0.2) is 36.4 Å². The molecule has 2 aromatic carbocycles. The Morgan fingerprint density at radius 1 is 1.16 bits per heavy atom. The molecule has 0 aliphatic heterocycles. The number of rotatable bonds is 6. The second-order valence-electron chi connectivity index (χ2n) is 4.25. The molecule has 100 valence electrons. The van der Waals surface area contributed by atoms with Crippen LogP contribution in [-0.2, 0) is 16.0 Å². The Morgan fingerprint density at radius 3 is 2.74 bits per heavy atom. The van der Waals surface area contributed by atoms with Crippen LogP contribution in [0.2, 0.25) is 0 Å². The highest BCUT2D eigenvalue weighted by Gasteiger charge is 2.05. The summed E-state index contributed by atoms with van der Waals surface area (Å²) in [5.74, 6) is -0.820. The first-order valence-corrected chi connectivity index (χ1v) is 7.22. The van der Waals surface area contributed by atoms with Gasteiger partial charge in [-0.2, -0.15) is 0 Å². The van der Waals surface area contributed by atoms with Gasteiger partial charge in [-0.05, 0) is 51.4 Å². The van der Waals surface area contributed by atoms with Crippen molar-refractivity contribution in [3.63, 3.8) is 0 Å². The SMILES string of the molecule is O=C(O)CCOCCc1c(I)ccc2ccccc12. The van der Waals surface area contributed by atoms with Gasteiger partial charge in [-0.1, -0.05) is 30.3 Å². The number of fused-ring (bicyclic) bond motifs is 1.